The largest absolute Gasteiger partial charge is 0.308 e. The maximum absolute atomic E-state index is 10.7. The molecule has 0 spiro atoms. The zero-order valence-electron chi connectivity index (χ0n) is 35.3. The van der Waals surface area contributed by atoms with Crippen LogP contribution < -0.4 is 0 Å². The Bertz CT molecular complexity index is 3010. The van der Waals surface area contributed by atoms with Crippen molar-refractivity contribution in [2.45, 2.75) is 52.4 Å². The Morgan fingerprint density at radius 1 is 0.426 bits per heavy atom. The summed E-state index contributed by atoms with van der Waals surface area (Å²) in [6.45, 7) is 13.5. The van der Waals surface area contributed by atoms with Gasteiger partial charge in [0.1, 0.15) is 0 Å². The number of nitrogens with zero attached hydrogens (tertiary/aromatic N) is 5. The molecule has 0 unspecified atom stereocenters. The van der Waals surface area contributed by atoms with Gasteiger partial charge in [0, 0.05) is 49.7 Å². The van der Waals surface area contributed by atoms with Crippen LogP contribution in [0.1, 0.15) is 63.8 Å². The van der Waals surface area contributed by atoms with Crippen molar-refractivity contribution in [3.8, 4) is 74.0 Å². The van der Waals surface area contributed by atoms with Crippen LogP contribution in [0, 0.1) is 22.7 Å². The summed E-state index contributed by atoms with van der Waals surface area (Å²) < 4.78 is 2.34. The van der Waals surface area contributed by atoms with E-state index in [2.05, 4.69) is 131 Å². The summed E-state index contributed by atoms with van der Waals surface area (Å²) >= 11 is 0. The number of aromatic nitrogens is 3. The standard InChI is InChI=1S/C56H45N5/c1-55(2,3)41-25-27-51-45(31-41)46-32-42(56(4,5)6)26-28-52(46)61(51)53-47(43-23-15-13-21-38(43)34-57)29-40(30-48(53)44-24-16-14-22-39(44)35-58)54-59-49(36-17-9-7-10-18-36)33-50(60-54)37-19-11-8-12-20-37/h7-33H,1-6H3. The third-order valence-corrected chi connectivity index (χ3v) is 11.6. The van der Waals surface area contributed by atoms with Crippen LogP contribution in [0.25, 0.3) is 83.6 Å². The minimum absolute atomic E-state index is 0.0768. The fourth-order valence-electron chi connectivity index (χ4n) is 8.33. The molecule has 9 aromatic rings. The first-order chi connectivity index (χ1) is 29.4. The number of nitriles is 2. The molecular formula is C56H45N5. The predicted molar refractivity (Wildman–Crippen MR) is 250 cm³/mol. The summed E-state index contributed by atoms with van der Waals surface area (Å²) in [7, 11) is 0. The lowest BCUT2D eigenvalue weighted by atomic mass is 9.85. The van der Waals surface area contributed by atoms with Gasteiger partial charge in [-0.25, -0.2) is 9.97 Å². The van der Waals surface area contributed by atoms with Crippen molar-refractivity contribution in [2.75, 3.05) is 0 Å². The van der Waals surface area contributed by atoms with E-state index in [-0.39, 0.29) is 10.8 Å². The number of hydrogen-bond acceptors (Lipinski definition) is 4. The maximum Gasteiger partial charge on any atom is 0.160 e. The fourth-order valence-corrected chi connectivity index (χ4v) is 8.33. The Hall–Kier alpha value is -7.60. The molecule has 7 aromatic carbocycles. The van der Waals surface area contributed by atoms with Gasteiger partial charge < -0.3 is 4.57 Å². The molecule has 2 aromatic heterocycles. The van der Waals surface area contributed by atoms with Crippen LogP contribution in [-0.2, 0) is 10.8 Å². The third kappa shape index (κ3) is 7.15. The quantitative estimate of drug-likeness (QED) is 0.168. The summed E-state index contributed by atoms with van der Waals surface area (Å²) in [5.74, 6) is 0.532. The van der Waals surface area contributed by atoms with E-state index in [1.165, 1.54) is 11.1 Å². The number of fused-ring (bicyclic) bond motifs is 3. The lowest BCUT2D eigenvalue weighted by Gasteiger charge is -2.23. The van der Waals surface area contributed by atoms with Crippen LogP contribution in [0.2, 0.25) is 0 Å². The zero-order valence-corrected chi connectivity index (χ0v) is 35.3. The van der Waals surface area contributed by atoms with Gasteiger partial charge in [0.05, 0.1) is 51.4 Å². The van der Waals surface area contributed by atoms with Gasteiger partial charge in [0.25, 0.3) is 0 Å². The zero-order chi connectivity index (χ0) is 42.5. The molecule has 0 fully saturated rings. The second kappa shape index (κ2) is 15.2. The molecule has 0 aliphatic rings. The molecule has 0 saturated heterocycles. The van der Waals surface area contributed by atoms with E-state index in [9.17, 15) is 10.5 Å². The Kier molecular flexibility index (Phi) is 9.70. The molecule has 5 nitrogen and oxygen atoms in total. The Balaban J connectivity index is 1.47. The minimum atomic E-state index is -0.0768. The van der Waals surface area contributed by atoms with Crippen molar-refractivity contribution in [2.24, 2.45) is 0 Å². The number of benzene rings is 7. The topological polar surface area (TPSA) is 78.3 Å². The lowest BCUT2D eigenvalue weighted by molar-refractivity contribution is 0.590. The minimum Gasteiger partial charge on any atom is -0.308 e. The first-order valence-electron chi connectivity index (χ1n) is 20.7. The monoisotopic (exact) mass is 787 g/mol. The summed E-state index contributed by atoms with van der Waals surface area (Å²) in [4.78, 5) is 10.5. The van der Waals surface area contributed by atoms with E-state index in [1.54, 1.807) is 0 Å². The third-order valence-electron chi connectivity index (χ3n) is 11.6. The maximum atomic E-state index is 10.7. The molecule has 2 heterocycles. The molecule has 0 saturated carbocycles. The van der Waals surface area contributed by atoms with Crippen LogP contribution in [0.15, 0.2) is 164 Å². The molecule has 9 rings (SSSR count). The highest BCUT2D eigenvalue weighted by atomic mass is 15.0. The smallest absolute Gasteiger partial charge is 0.160 e. The van der Waals surface area contributed by atoms with E-state index >= 15 is 0 Å². The van der Waals surface area contributed by atoms with Crippen molar-refractivity contribution >= 4 is 21.8 Å². The van der Waals surface area contributed by atoms with Gasteiger partial charge in [-0.2, -0.15) is 10.5 Å². The van der Waals surface area contributed by atoms with E-state index in [4.69, 9.17) is 9.97 Å². The average Bonchev–Trinajstić information content (AvgIpc) is 3.61. The molecular weight excluding hydrogens is 743 g/mol. The molecule has 0 atom stereocenters. The van der Waals surface area contributed by atoms with E-state index < -0.39 is 0 Å². The lowest BCUT2D eigenvalue weighted by Crippen LogP contribution is -2.10. The molecule has 0 N–H and O–H groups in total. The van der Waals surface area contributed by atoms with E-state index in [1.807, 2.05) is 91.0 Å². The van der Waals surface area contributed by atoms with Gasteiger partial charge >= 0.3 is 0 Å². The fraction of sp³-hybridized carbons (Fsp3) is 0.143. The summed E-state index contributed by atoms with van der Waals surface area (Å²) in [5, 5.41) is 23.7. The summed E-state index contributed by atoms with van der Waals surface area (Å²) in [5.41, 5.74) is 13.8. The van der Waals surface area contributed by atoms with Crippen LogP contribution in [0.3, 0.4) is 0 Å². The SMILES string of the molecule is CC(C)(C)c1ccc2c(c1)c1cc(C(C)(C)C)ccc1n2-c1c(-c2ccccc2C#N)cc(-c2nc(-c3ccccc3)cc(-c3ccccc3)n2)cc1-c1ccccc1C#N. The first kappa shape index (κ1) is 38.9. The van der Waals surface area contributed by atoms with Gasteiger partial charge in [-0.15, -0.1) is 0 Å². The van der Waals surface area contributed by atoms with Crippen LogP contribution in [-0.4, -0.2) is 14.5 Å². The van der Waals surface area contributed by atoms with Gasteiger partial charge in [-0.1, -0.05) is 151 Å². The highest BCUT2D eigenvalue weighted by Crippen LogP contribution is 2.46. The van der Waals surface area contributed by atoms with E-state index in [0.29, 0.717) is 17.0 Å². The van der Waals surface area contributed by atoms with Gasteiger partial charge in [0.2, 0.25) is 0 Å². The molecule has 0 aliphatic carbocycles. The predicted octanol–water partition coefficient (Wildman–Crippen LogP) is 14.2. The van der Waals surface area contributed by atoms with Gasteiger partial charge in [0.15, 0.2) is 5.82 Å². The highest BCUT2D eigenvalue weighted by molar-refractivity contribution is 6.11. The molecule has 0 bridgehead atoms. The van der Waals surface area contributed by atoms with Crippen LogP contribution >= 0.6 is 0 Å². The highest BCUT2D eigenvalue weighted by Gasteiger charge is 2.27. The normalized spacial score (nSPS) is 11.7. The Morgan fingerprint density at radius 3 is 1.25 bits per heavy atom. The first-order valence-corrected chi connectivity index (χ1v) is 20.7. The average molecular weight is 788 g/mol. The van der Waals surface area contributed by atoms with Crippen molar-refractivity contribution in [3.63, 3.8) is 0 Å². The number of hydrogen-bond donors (Lipinski definition) is 0. The van der Waals surface area contributed by atoms with Crippen LogP contribution in [0.4, 0.5) is 0 Å². The summed E-state index contributed by atoms with van der Waals surface area (Å²) in [6, 6.07) is 60.8. The molecule has 294 valence electrons. The second-order valence-corrected chi connectivity index (χ2v) is 17.7. The Morgan fingerprint density at radius 2 is 0.836 bits per heavy atom. The molecule has 0 amide bonds. The van der Waals surface area contributed by atoms with Crippen molar-refractivity contribution in [1.29, 1.82) is 10.5 Å². The van der Waals surface area contributed by atoms with Gasteiger partial charge in [-0.05, 0) is 76.6 Å². The Labute approximate surface area is 357 Å². The van der Waals surface area contributed by atoms with Crippen molar-refractivity contribution in [1.82, 2.24) is 14.5 Å². The van der Waals surface area contributed by atoms with Crippen LogP contribution in [0.5, 0.6) is 0 Å². The molecule has 61 heavy (non-hydrogen) atoms. The molecule has 0 radical (unpaired) electrons. The summed E-state index contributed by atoms with van der Waals surface area (Å²) in [6.07, 6.45) is 0. The van der Waals surface area contributed by atoms with Crippen molar-refractivity contribution < 1.29 is 0 Å². The second-order valence-electron chi connectivity index (χ2n) is 17.7. The van der Waals surface area contributed by atoms with Crippen molar-refractivity contribution in [3.05, 3.63) is 186 Å². The number of rotatable bonds is 6. The molecule has 5 heteroatoms. The van der Waals surface area contributed by atoms with E-state index in [0.717, 1.165) is 77.8 Å². The van der Waals surface area contributed by atoms with Gasteiger partial charge in [-0.3, -0.25) is 0 Å². The molecule has 0 aliphatic heterocycles.